The third kappa shape index (κ3) is 5.08. The number of aliphatic hydroxyl groups excluding tert-OH is 1. The molecule has 1 aliphatic heterocycles. The van der Waals surface area contributed by atoms with Crippen LogP contribution in [0.5, 0.6) is 5.75 Å². The van der Waals surface area contributed by atoms with Crippen molar-refractivity contribution in [2.45, 2.75) is 44.8 Å². The number of amides is 1. The van der Waals surface area contributed by atoms with E-state index < -0.39 is 30.0 Å². The van der Waals surface area contributed by atoms with Gasteiger partial charge < -0.3 is 24.8 Å². The summed E-state index contributed by atoms with van der Waals surface area (Å²) in [5.41, 5.74) is 1.17. The number of carbonyl (C=O) groups excluding carboxylic acids is 1. The highest BCUT2D eigenvalue weighted by Gasteiger charge is 2.33. The maximum absolute atomic E-state index is 13.4. The van der Waals surface area contributed by atoms with Crippen LogP contribution in [-0.4, -0.2) is 27.3 Å². The number of aliphatic hydroxyl groups is 2. The van der Waals surface area contributed by atoms with Crippen molar-refractivity contribution >= 4 is 5.91 Å². The lowest BCUT2D eigenvalue weighted by molar-refractivity contribution is -0.137. The number of hydrogen-bond acceptors (Lipinski definition) is 5. The van der Waals surface area contributed by atoms with Crippen LogP contribution in [0, 0.1) is 11.3 Å². The van der Waals surface area contributed by atoms with E-state index in [-0.39, 0.29) is 23.6 Å². The van der Waals surface area contributed by atoms with Crippen LogP contribution < -0.4 is 10.1 Å². The number of aromatic nitrogens is 1. The number of carbonyl (C=O) groups is 1. The van der Waals surface area contributed by atoms with Gasteiger partial charge in [-0.1, -0.05) is 36.4 Å². The number of nitriles is 1. The zero-order chi connectivity index (χ0) is 26.0. The molecule has 1 amide bonds. The second-order valence-electron chi connectivity index (χ2n) is 8.58. The van der Waals surface area contributed by atoms with E-state index in [0.29, 0.717) is 41.8 Å². The Morgan fingerprint density at radius 2 is 1.89 bits per heavy atom. The third-order valence-corrected chi connectivity index (χ3v) is 6.13. The van der Waals surface area contributed by atoms with Gasteiger partial charge in [0.2, 0.25) is 0 Å². The molecule has 3 aromatic rings. The minimum atomic E-state index is -4.51. The van der Waals surface area contributed by atoms with Crippen molar-refractivity contribution in [3.05, 3.63) is 87.7 Å². The van der Waals surface area contributed by atoms with Gasteiger partial charge in [0.05, 0.1) is 23.9 Å². The quantitative estimate of drug-likeness (QED) is 0.440. The fraction of sp³-hybridized carbons (Fsp3) is 0.308. The average Bonchev–Trinajstić information content (AvgIpc) is 3.17. The van der Waals surface area contributed by atoms with Crippen molar-refractivity contribution < 1.29 is 32.9 Å². The molecule has 0 fully saturated rings. The molecule has 1 atom stereocenters. The van der Waals surface area contributed by atoms with Crippen molar-refractivity contribution in [1.82, 2.24) is 9.88 Å². The zero-order valence-corrected chi connectivity index (χ0v) is 19.3. The number of alkyl halides is 3. The molecule has 7 nitrogen and oxygen atoms in total. The van der Waals surface area contributed by atoms with Gasteiger partial charge in [-0.25, -0.2) is 0 Å². The number of rotatable bonds is 6. The molecule has 0 saturated heterocycles. The van der Waals surface area contributed by atoms with Crippen molar-refractivity contribution in [3.8, 4) is 11.8 Å². The maximum atomic E-state index is 13.4. The molecule has 0 spiro atoms. The van der Waals surface area contributed by atoms with E-state index in [4.69, 9.17) is 4.74 Å². The van der Waals surface area contributed by atoms with Gasteiger partial charge in [0.15, 0.2) is 12.0 Å². The summed E-state index contributed by atoms with van der Waals surface area (Å²) in [6.45, 7) is 2.05. The molecule has 1 unspecified atom stereocenters. The van der Waals surface area contributed by atoms with E-state index in [9.17, 15) is 33.4 Å². The Balaban J connectivity index is 1.70. The Labute approximate surface area is 205 Å². The van der Waals surface area contributed by atoms with Crippen LogP contribution in [0.3, 0.4) is 0 Å². The average molecular weight is 499 g/mol. The molecule has 2 heterocycles. The van der Waals surface area contributed by atoms with Crippen LogP contribution in [0.4, 0.5) is 13.2 Å². The predicted molar refractivity (Wildman–Crippen MR) is 123 cm³/mol. The summed E-state index contributed by atoms with van der Waals surface area (Å²) in [5, 5.41) is 31.3. The Hall–Kier alpha value is -3.81. The highest BCUT2D eigenvalue weighted by Crippen LogP contribution is 2.36. The molecule has 2 aromatic carbocycles. The molecule has 1 aliphatic rings. The lowest BCUT2D eigenvalue weighted by atomic mass is 10.1. The summed E-state index contributed by atoms with van der Waals surface area (Å²) < 4.78 is 47.0. The van der Waals surface area contributed by atoms with Gasteiger partial charge in [0.25, 0.3) is 5.91 Å². The summed E-state index contributed by atoms with van der Waals surface area (Å²) in [7, 11) is 0. The first-order chi connectivity index (χ1) is 17.1. The van der Waals surface area contributed by atoms with Gasteiger partial charge in [0.1, 0.15) is 17.3 Å². The molecule has 10 heteroatoms. The van der Waals surface area contributed by atoms with Crippen molar-refractivity contribution in [2.24, 2.45) is 0 Å². The molecular formula is C26H24F3N3O4. The van der Waals surface area contributed by atoms with Crippen LogP contribution >= 0.6 is 0 Å². The molecule has 0 aliphatic carbocycles. The standard InChI is InChI=1S/C26H24F3N3O4/c1-15(17-7-9-18(10-8-17)25(34)35)31-24(33)22-20(13-30)23-21(6-3-11-36-23)32(22)14-16-4-2-5-19(12-16)26(27,28)29/h2,4-5,7-10,12,15,25,34-35H,3,6,11,14H2,1H3,(H,31,33). The Bertz CT molecular complexity index is 1310. The number of halogens is 3. The SMILES string of the molecule is CC(NC(=O)c1c(C#N)c2c(n1Cc1cccc(C(F)(F)F)c1)CCCO2)c1ccc(C(O)O)cc1. The van der Waals surface area contributed by atoms with Crippen LogP contribution in [0.2, 0.25) is 0 Å². The predicted octanol–water partition coefficient (Wildman–Crippen LogP) is 4.23. The molecule has 188 valence electrons. The minimum Gasteiger partial charge on any atom is -0.490 e. The first-order valence-electron chi connectivity index (χ1n) is 11.3. The fourth-order valence-electron chi connectivity index (χ4n) is 4.31. The van der Waals surface area contributed by atoms with Gasteiger partial charge in [-0.3, -0.25) is 4.79 Å². The van der Waals surface area contributed by atoms with Crippen LogP contribution in [0.25, 0.3) is 0 Å². The van der Waals surface area contributed by atoms with Gasteiger partial charge in [-0.2, -0.15) is 18.4 Å². The topological polar surface area (TPSA) is 108 Å². The third-order valence-electron chi connectivity index (χ3n) is 6.13. The van der Waals surface area contributed by atoms with Gasteiger partial charge >= 0.3 is 6.18 Å². The molecular weight excluding hydrogens is 475 g/mol. The van der Waals surface area contributed by atoms with Crippen molar-refractivity contribution in [1.29, 1.82) is 5.26 Å². The van der Waals surface area contributed by atoms with Crippen LogP contribution in [0.1, 0.15) is 69.7 Å². The molecule has 0 saturated carbocycles. The normalized spacial score (nSPS) is 14.1. The monoisotopic (exact) mass is 499 g/mol. The summed E-state index contributed by atoms with van der Waals surface area (Å²) >= 11 is 0. The van der Waals surface area contributed by atoms with E-state index in [0.717, 1.165) is 12.1 Å². The Morgan fingerprint density at radius 3 is 2.53 bits per heavy atom. The van der Waals surface area contributed by atoms with Crippen LogP contribution in [-0.2, 0) is 19.1 Å². The lowest BCUT2D eigenvalue weighted by Crippen LogP contribution is -2.30. The number of nitrogens with one attached hydrogen (secondary N) is 1. The molecule has 3 N–H and O–H groups in total. The second kappa shape index (κ2) is 10.0. The molecule has 0 bridgehead atoms. The number of ether oxygens (including phenoxy) is 1. The minimum absolute atomic E-state index is 0.0241. The molecule has 1 aromatic heterocycles. The van der Waals surface area contributed by atoms with Crippen molar-refractivity contribution in [3.63, 3.8) is 0 Å². The van der Waals surface area contributed by atoms with E-state index >= 15 is 0 Å². The zero-order valence-electron chi connectivity index (χ0n) is 19.3. The van der Waals surface area contributed by atoms with E-state index in [2.05, 4.69) is 5.32 Å². The molecule has 4 rings (SSSR count). The number of nitrogens with zero attached hydrogens (tertiary/aromatic N) is 2. The highest BCUT2D eigenvalue weighted by molar-refractivity contribution is 5.97. The Morgan fingerprint density at radius 1 is 1.19 bits per heavy atom. The molecule has 0 radical (unpaired) electrons. The second-order valence-corrected chi connectivity index (χ2v) is 8.58. The van der Waals surface area contributed by atoms with E-state index in [1.165, 1.54) is 18.2 Å². The summed E-state index contributed by atoms with van der Waals surface area (Å²) in [6, 6.07) is 12.7. The summed E-state index contributed by atoms with van der Waals surface area (Å²) in [4.78, 5) is 13.4. The van der Waals surface area contributed by atoms with Gasteiger partial charge in [-0.05, 0) is 43.0 Å². The van der Waals surface area contributed by atoms with E-state index in [1.807, 2.05) is 6.07 Å². The van der Waals surface area contributed by atoms with Crippen LogP contribution in [0.15, 0.2) is 48.5 Å². The summed E-state index contributed by atoms with van der Waals surface area (Å²) in [6.07, 6.45) is -4.97. The first-order valence-corrected chi connectivity index (χ1v) is 11.3. The largest absolute Gasteiger partial charge is 0.490 e. The fourth-order valence-corrected chi connectivity index (χ4v) is 4.31. The van der Waals surface area contributed by atoms with Gasteiger partial charge in [-0.15, -0.1) is 0 Å². The first kappa shape index (κ1) is 25.3. The molecule has 36 heavy (non-hydrogen) atoms. The smallest absolute Gasteiger partial charge is 0.416 e. The number of benzene rings is 2. The van der Waals surface area contributed by atoms with E-state index in [1.54, 1.807) is 29.7 Å². The number of hydrogen-bond donors (Lipinski definition) is 3. The van der Waals surface area contributed by atoms with Gasteiger partial charge in [0, 0.05) is 12.1 Å². The maximum Gasteiger partial charge on any atom is 0.416 e. The lowest BCUT2D eigenvalue weighted by Gasteiger charge is -2.19. The number of fused-ring (bicyclic) bond motifs is 1. The summed E-state index contributed by atoms with van der Waals surface area (Å²) in [5.74, 6) is -0.287. The highest BCUT2D eigenvalue weighted by atomic mass is 19.4. The van der Waals surface area contributed by atoms with Crippen molar-refractivity contribution in [2.75, 3.05) is 6.61 Å². The Kier molecular flexibility index (Phi) is 7.06.